The number of hydrogen-bond donors (Lipinski definition) is 0. The second-order valence-electron chi connectivity index (χ2n) is 7.01. The third kappa shape index (κ3) is 7.15. The zero-order valence-electron chi connectivity index (χ0n) is 15.4. The molecule has 0 aromatic heterocycles. The maximum atomic E-state index is 12.4. The van der Waals surface area contributed by atoms with Crippen LogP contribution in [0.15, 0.2) is 12.2 Å². The monoisotopic (exact) mass is 295 g/mol. The number of carbonyl (C=O) groups excluding carboxylic acids is 1. The first-order valence-corrected chi connectivity index (χ1v) is 8.73. The fourth-order valence-electron chi connectivity index (χ4n) is 2.50. The third-order valence-corrected chi connectivity index (χ3v) is 4.83. The van der Waals surface area contributed by atoms with Crippen molar-refractivity contribution < 1.29 is 4.79 Å². The van der Waals surface area contributed by atoms with Crippen LogP contribution in [0.1, 0.15) is 74.1 Å². The zero-order chi connectivity index (χ0) is 16.5. The minimum Gasteiger partial charge on any atom is -0.342 e. The molecule has 124 valence electrons. The predicted molar refractivity (Wildman–Crippen MR) is 93.3 cm³/mol. The molecule has 0 saturated carbocycles. The Morgan fingerprint density at radius 1 is 1.14 bits per heavy atom. The molecule has 0 aliphatic rings. The summed E-state index contributed by atoms with van der Waals surface area (Å²) in [5.74, 6) is 1.06. The van der Waals surface area contributed by atoms with Crippen LogP contribution >= 0.6 is 0 Å². The van der Waals surface area contributed by atoms with Crippen molar-refractivity contribution in [1.29, 1.82) is 0 Å². The minimum atomic E-state index is 0.142. The summed E-state index contributed by atoms with van der Waals surface area (Å²) in [4.78, 5) is 14.5. The number of hydrogen-bond acceptors (Lipinski definition) is 1. The molecule has 0 spiro atoms. The number of nitrogens with zero attached hydrogens (tertiary/aromatic N) is 1. The lowest BCUT2D eigenvalue weighted by Crippen LogP contribution is -2.43. The van der Waals surface area contributed by atoms with Gasteiger partial charge in [0.05, 0.1) is 0 Å². The maximum Gasteiger partial charge on any atom is 0.225 e. The second kappa shape index (κ2) is 10.0. The Labute approximate surface area is 133 Å². The molecule has 0 rings (SSSR count). The Kier molecular flexibility index (Phi) is 9.65. The van der Waals surface area contributed by atoms with Gasteiger partial charge in [0.2, 0.25) is 5.91 Å². The summed E-state index contributed by atoms with van der Waals surface area (Å²) in [5, 5.41) is 0. The van der Waals surface area contributed by atoms with Crippen LogP contribution in [0.3, 0.4) is 0 Å². The summed E-state index contributed by atoms with van der Waals surface area (Å²) in [5.41, 5.74) is 0.166. The molecule has 0 bridgehead atoms. The number of amides is 1. The molecule has 0 saturated heterocycles. The molecule has 0 radical (unpaired) electrons. The van der Waals surface area contributed by atoms with E-state index in [0.717, 1.165) is 32.4 Å². The largest absolute Gasteiger partial charge is 0.342 e. The molecule has 0 heterocycles. The molecule has 2 heteroatoms. The van der Waals surface area contributed by atoms with Gasteiger partial charge >= 0.3 is 0 Å². The third-order valence-electron chi connectivity index (χ3n) is 4.83. The number of rotatable bonds is 10. The van der Waals surface area contributed by atoms with E-state index in [1.54, 1.807) is 0 Å². The predicted octanol–water partition coefficient (Wildman–Crippen LogP) is 5.29. The van der Waals surface area contributed by atoms with Crippen molar-refractivity contribution in [1.82, 2.24) is 4.90 Å². The van der Waals surface area contributed by atoms with Gasteiger partial charge in [-0.2, -0.15) is 0 Å². The molecule has 0 fully saturated rings. The van der Waals surface area contributed by atoms with E-state index < -0.39 is 0 Å². The Balaban J connectivity index is 4.59. The standard InChI is InChI=1S/C19H37NO/c1-8-11-12-13-14-17(5)19(6,7)15-20(10-3)18(21)16(4)9-2/h11-12,16-17H,8-10,13-15H2,1-7H3/b12-11-. The molecule has 0 N–H and O–H groups in total. The van der Waals surface area contributed by atoms with Gasteiger partial charge < -0.3 is 4.90 Å². The van der Waals surface area contributed by atoms with Crippen LogP contribution in [-0.4, -0.2) is 23.9 Å². The fourth-order valence-corrected chi connectivity index (χ4v) is 2.50. The first-order chi connectivity index (χ1) is 9.80. The van der Waals surface area contributed by atoms with E-state index in [1.165, 1.54) is 6.42 Å². The lowest BCUT2D eigenvalue weighted by Gasteiger charge is -2.37. The van der Waals surface area contributed by atoms with Crippen molar-refractivity contribution in [2.24, 2.45) is 17.3 Å². The summed E-state index contributed by atoms with van der Waals surface area (Å²) in [6, 6.07) is 0. The van der Waals surface area contributed by atoms with Crippen LogP contribution in [0.5, 0.6) is 0 Å². The number of allylic oxidation sites excluding steroid dienone is 2. The van der Waals surface area contributed by atoms with E-state index in [-0.39, 0.29) is 11.3 Å². The van der Waals surface area contributed by atoms with Crippen LogP contribution < -0.4 is 0 Å². The van der Waals surface area contributed by atoms with Gasteiger partial charge in [-0.15, -0.1) is 0 Å². The Hall–Kier alpha value is -0.790. The van der Waals surface area contributed by atoms with Crippen molar-refractivity contribution >= 4 is 5.91 Å². The summed E-state index contributed by atoms with van der Waals surface area (Å²) in [7, 11) is 0. The first-order valence-electron chi connectivity index (χ1n) is 8.73. The highest BCUT2D eigenvalue weighted by Crippen LogP contribution is 2.31. The molecule has 2 nitrogen and oxygen atoms in total. The van der Waals surface area contributed by atoms with Crippen LogP contribution in [0, 0.1) is 17.3 Å². The van der Waals surface area contributed by atoms with Gasteiger partial charge in [-0.1, -0.05) is 53.7 Å². The Morgan fingerprint density at radius 2 is 1.76 bits per heavy atom. The van der Waals surface area contributed by atoms with Gasteiger partial charge in [0.1, 0.15) is 0 Å². The van der Waals surface area contributed by atoms with Gasteiger partial charge in [-0.05, 0) is 43.9 Å². The average Bonchev–Trinajstić information content (AvgIpc) is 2.47. The normalized spacial score (nSPS) is 15.2. The van der Waals surface area contributed by atoms with Gasteiger partial charge in [-0.3, -0.25) is 4.79 Å². The van der Waals surface area contributed by atoms with E-state index in [1.807, 2.05) is 11.8 Å². The van der Waals surface area contributed by atoms with Gasteiger partial charge in [0.25, 0.3) is 0 Å². The first kappa shape index (κ1) is 20.2. The summed E-state index contributed by atoms with van der Waals surface area (Å²) in [6.45, 7) is 17.0. The highest BCUT2D eigenvalue weighted by Gasteiger charge is 2.30. The van der Waals surface area contributed by atoms with Crippen molar-refractivity contribution in [3.8, 4) is 0 Å². The van der Waals surface area contributed by atoms with Crippen molar-refractivity contribution in [3.05, 3.63) is 12.2 Å². The van der Waals surface area contributed by atoms with E-state index in [2.05, 4.69) is 53.7 Å². The summed E-state index contributed by atoms with van der Waals surface area (Å²) in [6.07, 6.45) is 8.90. The second-order valence-corrected chi connectivity index (χ2v) is 7.01. The topological polar surface area (TPSA) is 20.3 Å². The van der Waals surface area contributed by atoms with Crippen LogP contribution in [-0.2, 0) is 4.79 Å². The molecule has 2 unspecified atom stereocenters. The van der Waals surface area contributed by atoms with E-state index >= 15 is 0 Å². The van der Waals surface area contributed by atoms with Crippen LogP contribution in [0.2, 0.25) is 0 Å². The lowest BCUT2D eigenvalue weighted by atomic mass is 9.77. The van der Waals surface area contributed by atoms with Crippen molar-refractivity contribution in [2.45, 2.75) is 74.1 Å². The summed E-state index contributed by atoms with van der Waals surface area (Å²) >= 11 is 0. The van der Waals surface area contributed by atoms with Crippen LogP contribution in [0.25, 0.3) is 0 Å². The molecule has 1 amide bonds. The maximum absolute atomic E-state index is 12.4. The lowest BCUT2D eigenvalue weighted by molar-refractivity contribution is -0.136. The number of carbonyl (C=O) groups is 1. The highest BCUT2D eigenvalue weighted by atomic mass is 16.2. The average molecular weight is 296 g/mol. The molecule has 21 heavy (non-hydrogen) atoms. The molecular weight excluding hydrogens is 258 g/mol. The quantitative estimate of drug-likeness (QED) is 0.501. The van der Waals surface area contributed by atoms with Crippen LogP contribution in [0.4, 0.5) is 0 Å². The molecule has 0 aromatic rings. The van der Waals surface area contributed by atoms with Crippen molar-refractivity contribution in [3.63, 3.8) is 0 Å². The van der Waals surface area contributed by atoms with Crippen molar-refractivity contribution in [2.75, 3.05) is 13.1 Å². The molecule has 0 aromatic carbocycles. The van der Waals surface area contributed by atoms with E-state index in [4.69, 9.17) is 0 Å². The highest BCUT2D eigenvalue weighted by molar-refractivity contribution is 5.78. The molecule has 0 aliphatic heterocycles. The fraction of sp³-hybridized carbons (Fsp3) is 0.842. The molecule has 2 atom stereocenters. The zero-order valence-corrected chi connectivity index (χ0v) is 15.4. The Morgan fingerprint density at radius 3 is 2.24 bits per heavy atom. The van der Waals surface area contributed by atoms with E-state index in [9.17, 15) is 4.79 Å². The SMILES string of the molecule is CC/C=C\CCC(C)C(C)(C)CN(CC)C(=O)C(C)CC. The smallest absolute Gasteiger partial charge is 0.225 e. The van der Waals surface area contributed by atoms with Gasteiger partial charge in [0.15, 0.2) is 0 Å². The molecule has 0 aliphatic carbocycles. The summed E-state index contributed by atoms with van der Waals surface area (Å²) < 4.78 is 0. The minimum absolute atomic E-state index is 0.142. The van der Waals surface area contributed by atoms with E-state index in [0.29, 0.717) is 11.8 Å². The Bertz CT molecular complexity index is 320. The van der Waals surface area contributed by atoms with Gasteiger partial charge in [-0.25, -0.2) is 0 Å². The van der Waals surface area contributed by atoms with Gasteiger partial charge in [0, 0.05) is 19.0 Å². The molecular formula is C19H37NO.